The fourth-order valence-electron chi connectivity index (χ4n) is 2.46. The number of nitrogens with two attached hydrogens (primary N) is 1. The summed E-state index contributed by atoms with van der Waals surface area (Å²) in [5.74, 6) is 1.19. The highest BCUT2D eigenvalue weighted by molar-refractivity contribution is 5.49. The van der Waals surface area contributed by atoms with E-state index in [1.807, 2.05) is 0 Å². The number of hydrogen-bond acceptors (Lipinski definition) is 6. The van der Waals surface area contributed by atoms with Crippen molar-refractivity contribution in [3.05, 3.63) is 47.5 Å². The van der Waals surface area contributed by atoms with E-state index in [0.29, 0.717) is 30.9 Å². The monoisotopic (exact) mass is 395 g/mol. The van der Waals surface area contributed by atoms with Crippen molar-refractivity contribution in [3.8, 4) is 23.0 Å². The highest BCUT2D eigenvalue weighted by atomic mass is 16.5. The molecule has 0 aliphatic rings. The van der Waals surface area contributed by atoms with Gasteiger partial charge in [-0.25, -0.2) is 0 Å². The van der Waals surface area contributed by atoms with Crippen LogP contribution in [0.25, 0.3) is 0 Å². The van der Waals surface area contributed by atoms with Crippen LogP contribution < -0.4 is 24.7 Å². The van der Waals surface area contributed by atoms with E-state index in [-0.39, 0.29) is 11.5 Å². The van der Waals surface area contributed by atoms with Gasteiger partial charge < -0.3 is 29.5 Å². The molecular weight excluding hydrogens is 358 g/mol. The molecule has 0 aromatic heterocycles. The van der Waals surface area contributed by atoms with Crippen LogP contribution in [0.15, 0.2) is 36.4 Å². The standard InChI is InChI=1S/C12H16O3.C10H15NO2/c1-14-11-7-6-10(5-3-4-8-13)9-12(11)15-2;1-12-9-4-3-8(5-6-11)7-10(9)13-2/h6-9H,3-5H2,1-2H3;3-4,7H,5-6,11H2,1-2H3/i2*1D3. The fraction of sp³-hybridized carbons (Fsp3) is 0.409. The highest BCUT2D eigenvalue weighted by Gasteiger charge is 2.04. The zero-order valence-corrected chi connectivity index (χ0v) is 16.2. The van der Waals surface area contributed by atoms with E-state index >= 15 is 0 Å². The average molecular weight is 396 g/mol. The zero-order chi connectivity index (χ0) is 25.8. The summed E-state index contributed by atoms with van der Waals surface area (Å²) < 4.78 is 62.0. The van der Waals surface area contributed by atoms with E-state index < -0.39 is 14.1 Å². The van der Waals surface area contributed by atoms with E-state index in [2.05, 4.69) is 0 Å². The lowest BCUT2D eigenvalue weighted by atomic mass is 10.1. The molecule has 0 amide bonds. The van der Waals surface area contributed by atoms with Crippen molar-refractivity contribution >= 4 is 6.29 Å². The first-order chi connectivity index (χ1) is 15.9. The molecule has 0 fully saturated rings. The molecule has 0 spiro atoms. The van der Waals surface area contributed by atoms with Gasteiger partial charge in [0, 0.05) is 6.42 Å². The molecule has 154 valence electrons. The number of hydrogen-bond donors (Lipinski definition) is 1. The molecule has 2 N–H and O–H groups in total. The van der Waals surface area contributed by atoms with E-state index in [4.69, 9.17) is 32.9 Å². The first kappa shape index (κ1) is 15.2. The Hall–Kier alpha value is -2.73. The van der Waals surface area contributed by atoms with Crippen molar-refractivity contribution in [1.82, 2.24) is 0 Å². The van der Waals surface area contributed by atoms with Gasteiger partial charge in [0.1, 0.15) is 6.29 Å². The van der Waals surface area contributed by atoms with Gasteiger partial charge in [0.2, 0.25) is 0 Å². The van der Waals surface area contributed by atoms with Gasteiger partial charge >= 0.3 is 0 Å². The van der Waals surface area contributed by atoms with Crippen LogP contribution in [0.5, 0.6) is 23.0 Å². The Kier molecular flexibility index (Phi) is 7.31. The molecule has 0 saturated heterocycles. The minimum atomic E-state index is -2.49. The normalized spacial score (nSPS) is 13.8. The summed E-state index contributed by atoms with van der Waals surface area (Å²) in [6.45, 7) is 0.530. The summed E-state index contributed by atoms with van der Waals surface area (Å²) in [4.78, 5) is 10.2. The molecule has 2 aromatic rings. The summed E-state index contributed by atoms with van der Waals surface area (Å²) in [5, 5.41) is 0. The smallest absolute Gasteiger partial charge is 0.160 e. The van der Waals surface area contributed by atoms with E-state index in [0.717, 1.165) is 30.3 Å². The van der Waals surface area contributed by atoms with Crippen LogP contribution in [0.4, 0.5) is 0 Å². The number of ether oxygens (including phenoxy) is 4. The molecule has 28 heavy (non-hydrogen) atoms. The second-order valence-corrected chi connectivity index (χ2v) is 5.77. The predicted octanol–water partition coefficient (Wildman–Crippen LogP) is 3.43. The summed E-state index contributed by atoms with van der Waals surface area (Å²) >= 11 is 0. The van der Waals surface area contributed by atoms with Crippen LogP contribution in [-0.2, 0) is 17.6 Å². The van der Waals surface area contributed by atoms with Crippen LogP contribution in [0, 0.1) is 0 Å². The Labute approximate surface area is 176 Å². The van der Waals surface area contributed by atoms with Crippen molar-refractivity contribution in [2.75, 3.05) is 34.8 Å². The third kappa shape index (κ3) is 7.48. The van der Waals surface area contributed by atoms with Crippen LogP contribution in [0.3, 0.4) is 0 Å². The maximum Gasteiger partial charge on any atom is 0.160 e. The van der Waals surface area contributed by atoms with Gasteiger partial charge in [-0.2, -0.15) is 0 Å². The summed E-state index contributed by atoms with van der Waals surface area (Å²) in [7, 11) is -2.04. The second-order valence-electron chi connectivity index (χ2n) is 5.77. The number of aryl methyl sites for hydroxylation is 1. The van der Waals surface area contributed by atoms with E-state index in [9.17, 15) is 4.79 Å². The molecule has 2 rings (SSSR count). The molecule has 6 heteroatoms. The Balaban J connectivity index is 0.000000342. The quantitative estimate of drug-likeness (QED) is 0.490. The van der Waals surface area contributed by atoms with Gasteiger partial charge in [0.05, 0.1) is 36.5 Å². The van der Waals surface area contributed by atoms with Crippen molar-refractivity contribution in [2.45, 2.75) is 25.7 Å². The van der Waals surface area contributed by atoms with E-state index in [1.165, 1.54) is 14.2 Å². The number of carbonyl (C=O) groups is 1. The second kappa shape index (κ2) is 13.4. The topological polar surface area (TPSA) is 80.0 Å². The Morgan fingerprint density at radius 3 is 1.82 bits per heavy atom. The summed E-state index contributed by atoms with van der Waals surface area (Å²) in [6, 6.07) is 10.2. The van der Waals surface area contributed by atoms with Gasteiger partial charge in [-0.15, -0.1) is 0 Å². The third-order valence-electron chi connectivity index (χ3n) is 3.90. The molecule has 0 unspecified atom stereocenters. The number of benzene rings is 2. The van der Waals surface area contributed by atoms with Gasteiger partial charge in [-0.05, 0) is 61.2 Å². The fourth-order valence-corrected chi connectivity index (χ4v) is 2.46. The first-order valence-electron chi connectivity index (χ1n) is 11.8. The average Bonchev–Trinajstić information content (AvgIpc) is 2.74. The lowest BCUT2D eigenvalue weighted by Gasteiger charge is -2.08. The van der Waals surface area contributed by atoms with E-state index in [1.54, 1.807) is 36.4 Å². The maximum atomic E-state index is 10.2. The minimum absolute atomic E-state index is 0.191. The first-order valence-corrected chi connectivity index (χ1v) is 8.78. The number of rotatable bonds is 10. The summed E-state index contributed by atoms with van der Waals surface area (Å²) in [5.41, 5.74) is 7.39. The van der Waals surface area contributed by atoms with Crippen molar-refractivity contribution in [1.29, 1.82) is 0 Å². The third-order valence-corrected chi connectivity index (χ3v) is 3.90. The molecule has 0 saturated carbocycles. The van der Waals surface area contributed by atoms with Crippen molar-refractivity contribution < 1.29 is 32.0 Å². The van der Waals surface area contributed by atoms with Crippen LogP contribution >= 0.6 is 0 Å². The molecule has 0 aliphatic carbocycles. The molecular formula is C22H31NO5. The van der Waals surface area contributed by atoms with Crippen LogP contribution in [-0.4, -0.2) is 41.1 Å². The van der Waals surface area contributed by atoms with Gasteiger partial charge in [-0.1, -0.05) is 12.1 Å². The largest absolute Gasteiger partial charge is 0.493 e. The van der Waals surface area contributed by atoms with Crippen LogP contribution in [0.1, 0.15) is 32.2 Å². The molecule has 0 heterocycles. The van der Waals surface area contributed by atoms with Gasteiger partial charge in [0.15, 0.2) is 23.0 Å². The van der Waals surface area contributed by atoms with Gasteiger partial charge in [0.25, 0.3) is 0 Å². The molecule has 0 atom stereocenters. The Morgan fingerprint density at radius 1 is 0.857 bits per heavy atom. The lowest BCUT2D eigenvalue weighted by Crippen LogP contribution is -2.03. The lowest BCUT2D eigenvalue weighted by molar-refractivity contribution is -0.107. The number of methoxy groups -OCH3 is 4. The number of carbonyl (C=O) groups excluding carboxylic acids is 1. The Bertz CT molecular complexity index is 902. The maximum absolute atomic E-state index is 10.2. The molecule has 2 aromatic carbocycles. The van der Waals surface area contributed by atoms with Crippen LogP contribution in [0.2, 0.25) is 0 Å². The highest BCUT2D eigenvalue weighted by Crippen LogP contribution is 2.28. The molecule has 6 nitrogen and oxygen atoms in total. The molecule has 0 bridgehead atoms. The molecule has 0 radical (unpaired) electrons. The van der Waals surface area contributed by atoms with Gasteiger partial charge in [-0.3, -0.25) is 0 Å². The van der Waals surface area contributed by atoms with Crippen molar-refractivity contribution in [3.63, 3.8) is 0 Å². The molecule has 0 aliphatic heterocycles. The number of aldehydes is 1. The number of unbranched alkanes of at least 4 members (excludes halogenated alkanes) is 1. The zero-order valence-electron chi connectivity index (χ0n) is 22.2. The SMILES string of the molecule is [2H]C([2H])([2H])Oc1ccc(CCCC=O)cc1OC.[2H]C([2H])([2H])Oc1ccc(CCN)cc1OC. The van der Waals surface area contributed by atoms with Crippen molar-refractivity contribution in [2.24, 2.45) is 5.73 Å². The summed E-state index contributed by atoms with van der Waals surface area (Å²) in [6.07, 6.45) is 3.60. The Morgan fingerprint density at radius 2 is 1.39 bits per heavy atom. The predicted molar refractivity (Wildman–Crippen MR) is 111 cm³/mol. The minimum Gasteiger partial charge on any atom is -0.493 e.